The average Bonchev–Trinajstić information content (AvgIpc) is 2.39. The maximum atomic E-state index is 4.57. The molecule has 0 amide bonds. The zero-order valence-electron chi connectivity index (χ0n) is 10.7. The van der Waals surface area contributed by atoms with Gasteiger partial charge in [0.2, 0.25) is 0 Å². The molecule has 0 bridgehead atoms. The predicted molar refractivity (Wildman–Crippen MR) is 80.4 cm³/mol. The second-order valence-corrected chi connectivity index (χ2v) is 6.49. The molecule has 2 aromatic rings. The van der Waals surface area contributed by atoms with Crippen LogP contribution in [0.2, 0.25) is 0 Å². The van der Waals surface area contributed by atoms with Crippen molar-refractivity contribution in [1.29, 1.82) is 0 Å². The number of benzene rings is 1. The van der Waals surface area contributed by atoms with Gasteiger partial charge in [0.25, 0.3) is 0 Å². The first-order valence-corrected chi connectivity index (χ1v) is 7.67. The smallest absolute Gasteiger partial charge is 0.0705 e. The maximum Gasteiger partial charge on any atom is 0.0705 e. The SMILES string of the molecule is Cc1ccc2cc(C3CCCCC3Br)ccc2n1. The fraction of sp³-hybridized carbons (Fsp3) is 0.438. The lowest BCUT2D eigenvalue weighted by atomic mass is 9.83. The van der Waals surface area contributed by atoms with Crippen LogP contribution in [-0.4, -0.2) is 9.81 Å². The maximum absolute atomic E-state index is 4.57. The molecule has 1 aromatic carbocycles. The summed E-state index contributed by atoms with van der Waals surface area (Å²) >= 11 is 3.85. The van der Waals surface area contributed by atoms with E-state index in [0.717, 1.165) is 11.2 Å². The summed E-state index contributed by atoms with van der Waals surface area (Å²) in [6.07, 6.45) is 5.33. The number of hydrogen-bond acceptors (Lipinski definition) is 1. The van der Waals surface area contributed by atoms with Gasteiger partial charge in [0.1, 0.15) is 0 Å². The number of rotatable bonds is 1. The van der Waals surface area contributed by atoms with Crippen LogP contribution in [0.4, 0.5) is 0 Å². The van der Waals surface area contributed by atoms with Crippen molar-refractivity contribution in [2.24, 2.45) is 0 Å². The van der Waals surface area contributed by atoms with E-state index in [1.165, 1.54) is 36.6 Å². The van der Waals surface area contributed by atoms with Gasteiger partial charge in [-0.2, -0.15) is 0 Å². The van der Waals surface area contributed by atoms with Gasteiger partial charge in [-0.25, -0.2) is 0 Å². The summed E-state index contributed by atoms with van der Waals surface area (Å²) in [6, 6.07) is 11.0. The molecule has 1 aliphatic rings. The second kappa shape index (κ2) is 5.00. The molecular formula is C16H18BrN. The van der Waals surface area contributed by atoms with E-state index in [0.29, 0.717) is 10.7 Å². The Morgan fingerprint density at radius 3 is 2.78 bits per heavy atom. The molecule has 1 saturated carbocycles. The van der Waals surface area contributed by atoms with Crippen LogP contribution in [0.25, 0.3) is 10.9 Å². The standard InChI is InChI=1S/C16H18BrN/c1-11-6-7-13-10-12(8-9-16(13)18-11)14-4-2-3-5-15(14)17/h6-10,14-15H,2-5H2,1H3. The topological polar surface area (TPSA) is 12.9 Å². The van der Waals surface area contributed by atoms with Gasteiger partial charge in [0, 0.05) is 15.9 Å². The molecule has 0 N–H and O–H groups in total. The number of halogens is 1. The molecule has 2 heteroatoms. The summed E-state index contributed by atoms with van der Waals surface area (Å²) in [7, 11) is 0. The lowest BCUT2D eigenvalue weighted by Crippen LogP contribution is -2.17. The monoisotopic (exact) mass is 303 g/mol. The number of nitrogens with zero attached hydrogens (tertiary/aromatic N) is 1. The van der Waals surface area contributed by atoms with E-state index in [2.05, 4.69) is 51.2 Å². The van der Waals surface area contributed by atoms with E-state index in [4.69, 9.17) is 0 Å². The van der Waals surface area contributed by atoms with Crippen molar-refractivity contribution in [3.63, 3.8) is 0 Å². The van der Waals surface area contributed by atoms with Crippen molar-refractivity contribution in [3.05, 3.63) is 41.6 Å². The molecule has 94 valence electrons. The van der Waals surface area contributed by atoms with Gasteiger partial charge >= 0.3 is 0 Å². The van der Waals surface area contributed by atoms with E-state index >= 15 is 0 Å². The minimum atomic E-state index is 0.641. The lowest BCUT2D eigenvalue weighted by Gasteiger charge is -2.27. The van der Waals surface area contributed by atoms with Crippen molar-refractivity contribution < 1.29 is 0 Å². The number of aryl methyl sites for hydroxylation is 1. The van der Waals surface area contributed by atoms with Gasteiger partial charge < -0.3 is 0 Å². The molecule has 18 heavy (non-hydrogen) atoms. The minimum absolute atomic E-state index is 0.641. The first-order chi connectivity index (χ1) is 8.74. The molecule has 0 spiro atoms. The van der Waals surface area contributed by atoms with Crippen LogP contribution in [-0.2, 0) is 0 Å². The minimum Gasteiger partial charge on any atom is -0.253 e. The molecular weight excluding hydrogens is 286 g/mol. The summed E-state index contributed by atoms with van der Waals surface area (Å²) in [4.78, 5) is 5.21. The highest BCUT2D eigenvalue weighted by Crippen LogP contribution is 2.38. The van der Waals surface area contributed by atoms with Crippen LogP contribution in [0.1, 0.15) is 42.9 Å². The van der Waals surface area contributed by atoms with Crippen molar-refractivity contribution in [1.82, 2.24) is 4.98 Å². The van der Waals surface area contributed by atoms with Crippen LogP contribution in [0.15, 0.2) is 30.3 Å². The Morgan fingerprint density at radius 1 is 1.11 bits per heavy atom. The summed E-state index contributed by atoms with van der Waals surface area (Å²) in [6.45, 7) is 2.04. The number of aromatic nitrogens is 1. The van der Waals surface area contributed by atoms with Crippen LogP contribution >= 0.6 is 15.9 Å². The van der Waals surface area contributed by atoms with E-state index in [1.54, 1.807) is 0 Å². The van der Waals surface area contributed by atoms with E-state index in [9.17, 15) is 0 Å². The van der Waals surface area contributed by atoms with Gasteiger partial charge in [0.05, 0.1) is 5.52 Å². The average molecular weight is 304 g/mol. The molecule has 1 heterocycles. The fourth-order valence-corrected chi connectivity index (χ4v) is 3.83. The third kappa shape index (κ3) is 2.31. The largest absolute Gasteiger partial charge is 0.253 e. The normalized spacial score (nSPS) is 24.3. The fourth-order valence-electron chi connectivity index (χ4n) is 2.94. The zero-order chi connectivity index (χ0) is 12.5. The van der Waals surface area contributed by atoms with E-state index in [1.807, 2.05) is 6.92 Å². The highest BCUT2D eigenvalue weighted by molar-refractivity contribution is 9.09. The van der Waals surface area contributed by atoms with E-state index < -0.39 is 0 Å². The Balaban J connectivity index is 1.99. The molecule has 1 aromatic heterocycles. The molecule has 2 unspecified atom stereocenters. The summed E-state index contributed by atoms with van der Waals surface area (Å²) in [5.74, 6) is 0.671. The number of fused-ring (bicyclic) bond motifs is 1. The molecule has 1 nitrogen and oxygen atoms in total. The lowest BCUT2D eigenvalue weighted by molar-refractivity contribution is 0.461. The highest BCUT2D eigenvalue weighted by Gasteiger charge is 2.24. The zero-order valence-corrected chi connectivity index (χ0v) is 12.3. The Morgan fingerprint density at radius 2 is 1.94 bits per heavy atom. The highest BCUT2D eigenvalue weighted by atomic mass is 79.9. The number of pyridine rings is 1. The first-order valence-electron chi connectivity index (χ1n) is 6.75. The van der Waals surface area contributed by atoms with Gasteiger partial charge in [-0.1, -0.05) is 40.9 Å². The third-order valence-electron chi connectivity index (χ3n) is 3.96. The third-order valence-corrected chi connectivity index (χ3v) is 5.06. The Kier molecular flexibility index (Phi) is 3.38. The second-order valence-electron chi connectivity index (χ2n) is 5.31. The molecule has 0 radical (unpaired) electrons. The van der Waals surface area contributed by atoms with E-state index in [-0.39, 0.29) is 0 Å². The summed E-state index contributed by atoms with van der Waals surface area (Å²) in [5, 5.41) is 1.27. The Bertz CT molecular complexity index is 564. The van der Waals surface area contributed by atoms with Crippen molar-refractivity contribution in [2.45, 2.75) is 43.4 Å². The molecule has 1 fully saturated rings. The van der Waals surface area contributed by atoms with Crippen LogP contribution in [0, 0.1) is 6.92 Å². The van der Waals surface area contributed by atoms with Crippen LogP contribution < -0.4 is 0 Å². The Hall–Kier alpha value is -0.890. The molecule has 1 aliphatic carbocycles. The van der Waals surface area contributed by atoms with Gasteiger partial charge in [0.15, 0.2) is 0 Å². The van der Waals surface area contributed by atoms with Crippen LogP contribution in [0.5, 0.6) is 0 Å². The number of alkyl halides is 1. The van der Waals surface area contributed by atoms with Crippen molar-refractivity contribution in [3.8, 4) is 0 Å². The quantitative estimate of drug-likeness (QED) is 0.678. The van der Waals surface area contributed by atoms with Crippen molar-refractivity contribution in [2.75, 3.05) is 0 Å². The predicted octanol–water partition coefficient (Wildman–Crippen LogP) is 4.96. The molecule has 2 atom stereocenters. The van der Waals surface area contributed by atoms with Gasteiger partial charge in [-0.05, 0) is 49.4 Å². The summed E-state index contributed by atoms with van der Waals surface area (Å²) < 4.78 is 0. The van der Waals surface area contributed by atoms with Gasteiger partial charge in [-0.15, -0.1) is 0 Å². The Labute approximate surface area is 117 Å². The molecule has 0 aliphatic heterocycles. The molecule has 3 rings (SSSR count). The first kappa shape index (κ1) is 12.2. The summed E-state index contributed by atoms with van der Waals surface area (Å²) in [5.41, 5.74) is 3.67. The van der Waals surface area contributed by atoms with Crippen LogP contribution in [0.3, 0.4) is 0 Å². The van der Waals surface area contributed by atoms with Crippen molar-refractivity contribution >= 4 is 26.8 Å². The molecule has 0 saturated heterocycles. The van der Waals surface area contributed by atoms with Gasteiger partial charge in [-0.3, -0.25) is 4.98 Å². The number of hydrogen-bond donors (Lipinski definition) is 0.